The first kappa shape index (κ1) is 16.9. The van der Waals surface area contributed by atoms with Gasteiger partial charge in [-0.25, -0.2) is 0 Å². The number of methoxy groups -OCH3 is 1. The van der Waals surface area contributed by atoms with E-state index in [1.807, 2.05) is 34.6 Å². The van der Waals surface area contributed by atoms with Gasteiger partial charge in [-0.05, 0) is 40.0 Å². The van der Waals surface area contributed by atoms with Gasteiger partial charge in [0.2, 0.25) is 0 Å². The van der Waals surface area contributed by atoms with Crippen molar-refractivity contribution in [3.63, 3.8) is 0 Å². The highest BCUT2D eigenvalue weighted by molar-refractivity contribution is 5.73. The van der Waals surface area contributed by atoms with Gasteiger partial charge in [-0.3, -0.25) is 9.59 Å². The van der Waals surface area contributed by atoms with Crippen LogP contribution in [0.3, 0.4) is 0 Å². The van der Waals surface area contributed by atoms with E-state index in [-0.39, 0.29) is 23.8 Å². The standard InChI is InChI=1S/C14H26O4/c1-7-11(13(16)17-6)9-8-10(2)12(15)18-14(3,4)5/h10-11H,7-9H2,1-6H3. The summed E-state index contributed by atoms with van der Waals surface area (Å²) >= 11 is 0. The van der Waals surface area contributed by atoms with Crippen LogP contribution in [-0.4, -0.2) is 24.6 Å². The van der Waals surface area contributed by atoms with Crippen LogP contribution in [0.15, 0.2) is 0 Å². The molecule has 0 aliphatic heterocycles. The highest BCUT2D eigenvalue weighted by atomic mass is 16.6. The van der Waals surface area contributed by atoms with Gasteiger partial charge < -0.3 is 9.47 Å². The zero-order valence-electron chi connectivity index (χ0n) is 12.4. The summed E-state index contributed by atoms with van der Waals surface area (Å²) in [6.07, 6.45) is 2.03. The lowest BCUT2D eigenvalue weighted by molar-refractivity contribution is -0.160. The molecule has 0 heterocycles. The van der Waals surface area contributed by atoms with Crippen molar-refractivity contribution in [1.29, 1.82) is 0 Å². The van der Waals surface area contributed by atoms with E-state index >= 15 is 0 Å². The summed E-state index contributed by atoms with van der Waals surface area (Å²) < 4.78 is 10.0. The Morgan fingerprint density at radius 3 is 2.06 bits per heavy atom. The topological polar surface area (TPSA) is 52.6 Å². The summed E-state index contributed by atoms with van der Waals surface area (Å²) in [5.41, 5.74) is -0.460. The van der Waals surface area contributed by atoms with Gasteiger partial charge in [-0.15, -0.1) is 0 Å². The molecule has 4 heteroatoms. The van der Waals surface area contributed by atoms with Crippen molar-refractivity contribution >= 4 is 11.9 Å². The van der Waals surface area contributed by atoms with Crippen LogP contribution in [0.25, 0.3) is 0 Å². The Labute approximate surface area is 110 Å². The van der Waals surface area contributed by atoms with Crippen molar-refractivity contribution in [2.45, 2.75) is 59.5 Å². The summed E-state index contributed by atoms with van der Waals surface area (Å²) in [4.78, 5) is 23.2. The molecule has 0 amide bonds. The SMILES string of the molecule is CCC(CCC(C)C(=O)OC(C)(C)C)C(=O)OC. The molecule has 0 rings (SSSR count). The number of hydrogen-bond acceptors (Lipinski definition) is 4. The second-order valence-corrected chi connectivity index (χ2v) is 5.64. The van der Waals surface area contributed by atoms with Crippen LogP contribution >= 0.6 is 0 Å². The first-order valence-corrected chi connectivity index (χ1v) is 6.52. The van der Waals surface area contributed by atoms with Crippen LogP contribution < -0.4 is 0 Å². The molecule has 0 radical (unpaired) electrons. The fourth-order valence-electron chi connectivity index (χ4n) is 1.63. The van der Waals surface area contributed by atoms with Crippen molar-refractivity contribution in [3.8, 4) is 0 Å². The Hall–Kier alpha value is -1.06. The van der Waals surface area contributed by atoms with Gasteiger partial charge >= 0.3 is 11.9 Å². The molecule has 4 nitrogen and oxygen atoms in total. The van der Waals surface area contributed by atoms with Crippen molar-refractivity contribution in [3.05, 3.63) is 0 Å². The number of rotatable bonds is 6. The van der Waals surface area contributed by atoms with Gasteiger partial charge in [-0.2, -0.15) is 0 Å². The number of esters is 2. The maximum absolute atomic E-state index is 11.8. The van der Waals surface area contributed by atoms with Crippen molar-refractivity contribution in [1.82, 2.24) is 0 Å². The summed E-state index contributed by atoms with van der Waals surface area (Å²) in [7, 11) is 1.39. The number of carbonyl (C=O) groups excluding carboxylic acids is 2. The number of carbonyl (C=O) groups is 2. The maximum atomic E-state index is 11.8. The van der Waals surface area contributed by atoms with E-state index in [1.54, 1.807) is 0 Å². The Balaban J connectivity index is 4.20. The van der Waals surface area contributed by atoms with E-state index in [2.05, 4.69) is 0 Å². The maximum Gasteiger partial charge on any atom is 0.309 e. The molecular formula is C14H26O4. The normalized spacial score (nSPS) is 14.8. The minimum Gasteiger partial charge on any atom is -0.469 e. The molecule has 0 saturated carbocycles. The van der Waals surface area contributed by atoms with Gasteiger partial charge in [0.1, 0.15) is 5.60 Å². The van der Waals surface area contributed by atoms with E-state index in [0.29, 0.717) is 12.8 Å². The second-order valence-electron chi connectivity index (χ2n) is 5.64. The molecule has 0 aliphatic carbocycles. The number of hydrogen-bond donors (Lipinski definition) is 0. The summed E-state index contributed by atoms with van der Waals surface area (Å²) in [5, 5.41) is 0. The van der Waals surface area contributed by atoms with Crippen molar-refractivity contribution in [2.24, 2.45) is 11.8 Å². The average Bonchev–Trinajstić information content (AvgIpc) is 2.26. The highest BCUT2D eigenvalue weighted by Crippen LogP contribution is 2.19. The molecule has 2 unspecified atom stereocenters. The van der Waals surface area contributed by atoms with Crippen LogP contribution in [0.4, 0.5) is 0 Å². The highest BCUT2D eigenvalue weighted by Gasteiger charge is 2.24. The summed E-state index contributed by atoms with van der Waals surface area (Å²) in [5.74, 6) is -0.723. The minimum atomic E-state index is -0.460. The zero-order valence-corrected chi connectivity index (χ0v) is 12.4. The fraction of sp³-hybridized carbons (Fsp3) is 0.857. The Morgan fingerprint density at radius 2 is 1.67 bits per heavy atom. The predicted octanol–water partition coefficient (Wildman–Crippen LogP) is 2.94. The largest absolute Gasteiger partial charge is 0.469 e. The fourth-order valence-corrected chi connectivity index (χ4v) is 1.63. The molecule has 0 fully saturated rings. The van der Waals surface area contributed by atoms with E-state index in [0.717, 1.165) is 6.42 Å². The van der Waals surface area contributed by atoms with E-state index in [4.69, 9.17) is 9.47 Å². The van der Waals surface area contributed by atoms with Gasteiger partial charge in [0.05, 0.1) is 18.9 Å². The molecule has 0 spiro atoms. The van der Waals surface area contributed by atoms with Crippen LogP contribution in [0, 0.1) is 11.8 Å². The van der Waals surface area contributed by atoms with Crippen LogP contribution in [0.1, 0.15) is 53.9 Å². The third-order valence-corrected chi connectivity index (χ3v) is 2.78. The second kappa shape index (κ2) is 7.39. The van der Waals surface area contributed by atoms with Crippen LogP contribution in [-0.2, 0) is 19.1 Å². The lowest BCUT2D eigenvalue weighted by Gasteiger charge is -2.22. The van der Waals surface area contributed by atoms with Crippen molar-refractivity contribution < 1.29 is 19.1 Å². The van der Waals surface area contributed by atoms with E-state index in [9.17, 15) is 9.59 Å². The molecule has 0 N–H and O–H groups in total. The lowest BCUT2D eigenvalue weighted by atomic mass is 9.95. The molecule has 0 aromatic rings. The molecule has 0 saturated heterocycles. The monoisotopic (exact) mass is 258 g/mol. The summed E-state index contributed by atoms with van der Waals surface area (Å²) in [6.45, 7) is 9.32. The quantitative estimate of drug-likeness (QED) is 0.687. The van der Waals surface area contributed by atoms with Gasteiger partial charge in [0, 0.05) is 0 Å². The predicted molar refractivity (Wildman–Crippen MR) is 70.0 cm³/mol. The zero-order chi connectivity index (χ0) is 14.3. The lowest BCUT2D eigenvalue weighted by Crippen LogP contribution is -2.28. The molecule has 0 bridgehead atoms. The third kappa shape index (κ3) is 6.62. The average molecular weight is 258 g/mol. The minimum absolute atomic E-state index is 0.125. The number of ether oxygens (including phenoxy) is 2. The molecule has 0 aromatic carbocycles. The van der Waals surface area contributed by atoms with Crippen LogP contribution in [0.2, 0.25) is 0 Å². The summed E-state index contributed by atoms with van der Waals surface area (Å²) in [6, 6.07) is 0. The smallest absolute Gasteiger partial charge is 0.309 e. The first-order valence-electron chi connectivity index (χ1n) is 6.52. The van der Waals surface area contributed by atoms with Gasteiger partial charge in [0.25, 0.3) is 0 Å². The third-order valence-electron chi connectivity index (χ3n) is 2.78. The van der Waals surface area contributed by atoms with E-state index in [1.165, 1.54) is 7.11 Å². The molecule has 2 atom stereocenters. The molecule has 18 heavy (non-hydrogen) atoms. The van der Waals surface area contributed by atoms with E-state index < -0.39 is 5.60 Å². The molecule has 0 aliphatic rings. The Kier molecular flexibility index (Phi) is 6.96. The molecular weight excluding hydrogens is 232 g/mol. The van der Waals surface area contributed by atoms with Gasteiger partial charge in [-0.1, -0.05) is 13.8 Å². The Bertz CT molecular complexity index is 278. The van der Waals surface area contributed by atoms with Crippen molar-refractivity contribution in [2.75, 3.05) is 7.11 Å². The van der Waals surface area contributed by atoms with Crippen LogP contribution in [0.5, 0.6) is 0 Å². The van der Waals surface area contributed by atoms with Gasteiger partial charge in [0.15, 0.2) is 0 Å². The first-order chi connectivity index (χ1) is 8.21. The Morgan fingerprint density at radius 1 is 1.11 bits per heavy atom. The molecule has 0 aromatic heterocycles. The molecule has 106 valence electrons.